The second-order valence-corrected chi connectivity index (χ2v) is 8.08. The third-order valence-electron chi connectivity index (χ3n) is 3.47. The average Bonchev–Trinajstić information content (AvgIpc) is 2.24. The molecule has 0 saturated carbocycles. The van der Waals surface area contributed by atoms with Crippen LogP contribution < -0.4 is 5.32 Å². The Bertz CT molecular complexity index is 511. The quantitative estimate of drug-likeness (QED) is 0.905. The van der Waals surface area contributed by atoms with Gasteiger partial charge in [0.25, 0.3) is 0 Å². The van der Waals surface area contributed by atoms with Crippen molar-refractivity contribution in [3.63, 3.8) is 0 Å². The van der Waals surface area contributed by atoms with Crippen molar-refractivity contribution in [3.8, 4) is 0 Å². The summed E-state index contributed by atoms with van der Waals surface area (Å²) in [5.41, 5.74) is 1.03. The monoisotopic (exact) mass is 289 g/mol. The van der Waals surface area contributed by atoms with E-state index in [9.17, 15) is 8.42 Å². The third kappa shape index (κ3) is 3.46. The maximum absolute atomic E-state index is 11.8. The maximum Gasteiger partial charge on any atom is 0.154 e. The van der Waals surface area contributed by atoms with E-state index < -0.39 is 14.6 Å². The molecule has 0 aliphatic carbocycles. The molecule has 5 heteroatoms. The Balaban J connectivity index is 2.99. The Kier molecular flexibility index (Phi) is 4.81. The van der Waals surface area contributed by atoms with Crippen LogP contribution in [0.4, 0.5) is 0 Å². The van der Waals surface area contributed by atoms with E-state index in [1.807, 2.05) is 18.2 Å². The van der Waals surface area contributed by atoms with E-state index >= 15 is 0 Å². The fourth-order valence-electron chi connectivity index (χ4n) is 1.85. The fraction of sp³-hybridized carbons (Fsp3) is 0.538. The summed E-state index contributed by atoms with van der Waals surface area (Å²) < 4.78 is 22.9. The SMILES string of the molecule is CNC(Cc1cccc(Cl)c1)C(C)(C)S(C)(=O)=O. The highest BCUT2D eigenvalue weighted by Crippen LogP contribution is 2.23. The van der Waals surface area contributed by atoms with Crippen LogP contribution in [-0.2, 0) is 16.3 Å². The average molecular weight is 290 g/mol. The van der Waals surface area contributed by atoms with Gasteiger partial charge in [0.05, 0.1) is 4.75 Å². The van der Waals surface area contributed by atoms with Crippen LogP contribution in [-0.4, -0.2) is 32.5 Å². The van der Waals surface area contributed by atoms with Gasteiger partial charge in [-0.2, -0.15) is 0 Å². The fourth-order valence-corrected chi connectivity index (χ4v) is 2.78. The first-order valence-electron chi connectivity index (χ1n) is 5.80. The Labute approximate surface area is 114 Å². The molecule has 0 heterocycles. The number of sulfone groups is 1. The summed E-state index contributed by atoms with van der Waals surface area (Å²) >= 11 is 5.94. The van der Waals surface area contributed by atoms with E-state index in [0.29, 0.717) is 11.4 Å². The molecule has 18 heavy (non-hydrogen) atoms. The van der Waals surface area contributed by atoms with E-state index in [2.05, 4.69) is 5.32 Å². The van der Waals surface area contributed by atoms with Crippen LogP contribution in [0.3, 0.4) is 0 Å². The molecule has 0 spiro atoms. The van der Waals surface area contributed by atoms with Crippen LogP contribution in [0.25, 0.3) is 0 Å². The number of halogens is 1. The molecule has 1 N–H and O–H groups in total. The summed E-state index contributed by atoms with van der Waals surface area (Å²) in [5, 5.41) is 3.76. The first-order chi connectivity index (χ1) is 8.18. The van der Waals surface area contributed by atoms with E-state index in [1.165, 1.54) is 6.26 Å². The summed E-state index contributed by atoms with van der Waals surface area (Å²) in [7, 11) is -1.36. The summed E-state index contributed by atoms with van der Waals surface area (Å²) in [4.78, 5) is 0. The summed E-state index contributed by atoms with van der Waals surface area (Å²) in [6.07, 6.45) is 1.90. The van der Waals surface area contributed by atoms with E-state index in [0.717, 1.165) is 5.56 Å². The number of benzene rings is 1. The smallest absolute Gasteiger partial charge is 0.154 e. The van der Waals surface area contributed by atoms with Crippen LogP contribution in [0.15, 0.2) is 24.3 Å². The second kappa shape index (κ2) is 5.59. The Hall–Kier alpha value is -0.580. The van der Waals surface area contributed by atoms with Crippen LogP contribution in [0.5, 0.6) is 0 Å². The van der Waals surface area contributed by atoms with Gasteiger partial charge in [-0.3, -0.25) is 0 Å². The molecule has 0 aliphatic rings. The van der Waals surface area contributed by atoms with Crippen molar-refractivity contribution >= 4 is 21.4 Å². The first-order valence-corrected chi connectivity index (χ1v) is 8.06. The standard InChI is InChI=1S/C13H20ClNO2S/c1-13(2,18(4,16)17)12(15-3)9-10-6-5-7-11(14)8-10/h5-8,12,15H,9H2,1-4H3. The highest BCUT2D eigenvalue weighted by molar-refractivity contribution is 7.92. The number of hydrogen-bond acceptors (Lipinski definition) is 3. The van der Waals surface area contributed by atoms with E-state index in [-0.39, 0.29) is 6.04 Å². The van der Waals surface area contributed by atoms with Crippen LogP contribution in [0, 0.1) is 0 Å². The maximum atomic E-state index is 11.8. The summed E-state index contributed by atoms with van der Waals surface area (Å²) in [6.45, 7) is 3.49. The van der Waals surface area contributed by atoms with E-state index in [4.69, 9.17) is 11.6 Å². The number of rotatable bonds is 5. The van der Waals surface area contributed by atoms with Crippen LogP contribution >= 0.6 is 11.6 Å². The zero-order chi connectivity index (χ0) is 14.0. The van der Waals surface area contributed by atoms with Gasteiger partial charge in [-0.1, -0.05) is 23.7 Å². The highest BCUT2D eigenvalue weighted by Gasteiger charge is 2.38. The van der Waals surface area contributed by atoms with Gasteiger partial charge in [0, 0.05) is 17.3 Å². The molecular weight excluding hydrogens is 270 g/mol. The van der Waals surface area contributed by atoms with Crippen molar-refractivity contribution in [1.82, 2.24) is 5.32 Å². The van der Waals surface area contributed by atoms with Gasteiger partial charge in [-0.25, -0.2) is 8.42 Å². The van der Waals surface area contributed by atoms with Gasteiger partial charge in [0.2, 0.25) is 0 Å². The lowest BCUT2D eigenvalue weighted by Crippen LogP contribution is -2.51. The highest BCUT2D eigenvalue weighted by atomic mass is 35.5. The van der Waals surface area contributed by atoms with Crippen molar-refractivity contribution in [2.24, 2.45) is 0 Å². The Morgan fingerprint density at radius 3 is 2.44 bits per heavy atom. The van der Waals surface area contributed by atoms with Gasteiger partial charge in [0.15, 0.2) is 9.84 Å². The first kappa shape index (κ1) is 15.5. The molecule has 1 aromatic rings. The molecule has 0 radical (unpaired) electrons. The predicted octanol–water partition coefficient (Wildman–Crippen LogP) is 2.29. The van der Waals surface area contributed by atoms with Gasteiger partial charge in [0.1, 0.15) is 0 Å². The molecule has 0 aliphatic heterocycles. The Morgan fingerprint density at radius 2 is 2.00 bits per heavy atom. The van der Waals surface area contributed by atoms with Gasteiger partial charge in [-0.05, 0) is 45.0 Å². The molecule has 0 fully saturated rings. The van der Waals surface area contributed by atoms with E-state index in [1.54, 1.807) is 27.0 Å². The van der Waals surface area contributed by atoms with Crippen molar-refractivity contribution in [2.45, 2.75) is 31.1 Å². The second-order valence-electron chi connectivity index (χ2n) is 5.05. The molecule has 1 aromatic carbocycles. The van der Waals surface area contributed by atoms with Gasteiger partial charge < -0.3 is 5.32 Å². The topological polar surface area (TPSA) is 46.2 Å². The lowest BCUT2D eigenvalue weighted by atomic mass is 9.96. The van der Waals surface area contributed by atoms with Crippen molar-refractivity contribution in [1.29, 1.82) is 0 Å². The molecule has 1 rings (SSSR count). The van der Waals surface area contributed by atoms with Crippen LogP contribution in [0.1, 0.15) is 19.4 Å². The molecule has 3 nitrogen and oxygen atoms in total. The summed E-state index contributed by atoms with van der Waals surface area (Å²) in [5.74, 6) is 0. The molecule has 0 aromatic heterocycles. The molecule has 0 saturated heterocycles. The minimum atomic E-state index is -3.14. The third-order valence-corrected chi connectivity index (χ3v) is 5.90. The minimum absolute atomic E-state index is 0.161. The molecule has 1 unspecified atom stereocenters. The lowest BCUT2D eigenvalue weighted by Gasteiger charge is -2.32. The van der Waals surface area contributed by atoms with Gasteiger partial charge in [-0.15, -0.1) is 0 Å². The predicted molar refractivity (Wildman–Crippen MR) is 76.9 cm³/mol. The normalized spacial score (nSPS) is 14.5. The number of nitrogens with one attached hydrogen (secondary N) is 1. The van der Waals surface area contributed by atoms with Gasteiger partial charge >= 0.3 is 0 Å². The molecule has 102 valence electrons. The lowest BCUT2D eigenvalue weighted by molar-refractivity contribution is 0.431. The van der Waals surface area contributed by atoms with Crippen molar-refractivity contribution in [3.05, 3.63) is 34.9 Å². The Morgan fingerprint density at radius 1 is 1.39 bits per heavy atom. The minimum Gasteiger partial charge on any atom is -0.315 e. The summed E-state index contributed by atoms with van der Waals surface area (Å²) in [6, 6.07) is 7.34. The molecule has 0 amide bonds. The number of likely N-dealkylation sites (N-methyl/N-ethyl adjacent to an activating group) is 1. The zero-order valence-corrected chi connectivity index (χ0v) is 12.8. The molecular formula is C13H20ClNO2S. The van der Waals surface area contributed by atoms with Crippen LogP contribution in [0.2, 0.25) is 5.02 Å². The molecule has 1 atom stereocenters. The molecule has 0 bridgehead atoms. The largest absolute Gasteiger partial charge is 0.315 e. The number of hydrogen-bond donors (Lipinski definition) is 1. The van der Waals surface area contributed by atoms with Crippen molar-refractivity contribution < 1.29 is 8.42 Å². The zero-order valence-electron chi connectivity index (χ0n) is 11.2. The van der Waals surface area contributed by atoms with Crippen molar-refractivity contribution in [2.75, 3.05) is 13.3 Å².